The Hall–Kier alpha value is -0.288. The van der Waals surface area contributed by atoms with Crippen molar-refractivity contribution in [3.63, 3.8) is 0 Å². The second-order valence-electron chi connectivity index (χ2n) is 3.54. The normalized spacial score (nSPS) is 10.0. The minimum absolute atomic E-state index is 0.273. The number of rotatable bonds is 0. The highest BCUT2D eigenvalue weighted by Gasteiger charge is 2.11. The highest BCUT2D eigenvalue weighted by Crippen LogP contribution is 2.20. The SMILES string of the molecule is CC(C)(C)c1cc[c]cc1.[OH][AlH2]. The molecule has 0 saturated heterocycles. The van der Waals surface area contributed by atoms with Gasteiger partial charge in [-0.2, -0.15) is 0 Å². The van der Waals surface area contributed by atoms with Gasteiger partial charge in [0.25, 0.3) is 0 Å². The van der Waals surface area contributed by atoms with Crippen LogP contribution < -0.4 is 0 Å². The molecule has 1 radical (unpaired) electrons. The Kier molecular flexibility index (Phi) is 5.25. The van der Waals surface area contributed by atoms with Crippen molar-refractivity contribution in [3.05, 3.63) is 35.9 Å². The Balaban J connectivity index is 0.000000561. The summed E-state index contributed by atoms with van der Waals surface area (Å²) < 4.78 is 7.14. The van der Waals surface area contributed by atoms with E-state index in [1.807, 2.05) is 12.1 Å². The van der Waals surface area contributed by atoms with Gasteiger partial charge in [-0.15, -0.1) is 0 Å². The van der Waals surface area contributed by atoms with Gasteiger partial charge < -0.3 is 4.16 Å². The van der Waals surface area contributed by atoms with Gasteiger partial charge in [0.05, 0.1) is 0 Å². The minimum atomic E-state index is 0.273. The largest absolute Gasteiger partial charge is 0.521 e. The summed E-state index contributed by atoms with van der Waals surface area (Å²) in [5, 5.41) is 0. The summed E-state index contributed by atoms with van der Waals surface area (Å²) in [5.41, 5.74) is 1.64. The zero-order valence-corrected chi connectivity index (χ0v) is 10.3. The van der Waals surface area contributed by atoms with Crippen LogP contribution in [0.25, 0.3) is 0 Å². The van der Waals surface area contributed by atoms with Gasteiger partial charge in [0.1, 0.15) is 0 Å². The van der Waals surface area contributed by atoms with Crippen molar-refractivity contribution in [2.45, 2.75) is 26.2 Å². The molecule has 2 heteroatoms. The lowest BCUT2D eigenvalue weighted by Gasteiger charge is -2.17. The van der Waals surface area contributed by atoms with Crippen LogP contribution >= 0.6 is 0 Å². The molecule has 0 bridgehead atoms. The summed E-state index contributed by atoms with van der Waals surface area (Å²) in [6.07, 6.45) is 0. The molecule has 0 aliphatic carbocycles. The van der Waals surface area contributed by atoms with Gasteiger partial charge in [-0.25, -0.2) is 0 Å². The van der Waals surface area contributed by atoms with Gasteiger partial charge in [-0.3, -0.25) is 0 Å². The van der Waals surface area contributed by atoms with Crippen molar-refractivity contribution in [1.29, 1.82) is 0 Å². The maximum atomic E-state index is 7.14. The van der Waals surface area contributed by atoms with Gasteiger partial charge >= 0.3 is 16.6 Å². The Labute approximate surface area is 83.2 Å². The van der Waals surface area contributed by atoms with Gasteiger partial charge in [0, 0.05) is 0 Å². The van der Waals surface area contributed by atoms with E-state index in [9.17, 15) is 0 Å². The quantitative estimate of drug-likeness (QED) is 0.595. The van der Waals surface area contributed by atoms with Crippen LogP contribution in [0.2, 0.25) is 0 Å². The zero-order chi connectivity index (χ0) is 9.61. The first-order chi connectivity index (χ1) is 5.61. The van der Waals surface area contributed by atoms with Gasteiger partial charge in [-0.05, 0) is 17.0 Å². The molecule has 1 aromatic carbocycles. The first kappa shape index (κ1) is 11.7. The van der Waals surface area contributed by atoms with Crippen LogP contribution in [0.4, 0.5) is 0 Å². The van der Waals surface area contributed by atoms with E-state index in [0.717, 1.165) is 0 Å². The molecule has 0 unspecified atom stereocenters. The van der Waals surface area contributed by atoms with Crippen molar-refractivity contribution in [1.82, 2.24) is 0 Å². The third-order valence-corrected chi connectivity index (χ3v) is 1.58. The molecule has 0 amide bonds. The molecular formula is C10H16AlO. The topological polar surface area (TPSA) is 20.2 Å². The Morgan fingerprint density at radius 1 is 1.17 bits per heavy atom. The predicted octanol–water partition coefficient (Wildman–Crippen LogP) is 1.31. The molecule has 0 atom stereocenters. The third kappa shape index (κ3) is 3.92. The van der Waals surface area contributed by atoms with Gasteiger partial charge in [0.2, 0.25) is 0 Å². The molecule has 0 spiro atoms. The summed E-state index contributed by atoms with van der Waals surface area (Å²) in [5.74, 6) is 0. The fourth-order valence-electron chi connectivity index (χ4n) is 0.887. The highest BCUT2D eigenvalue weighted by atomic mass is 27.1. The molecule has 1 N–H and O–H groups in total. The summed E-state index contributed by atoms with van der Waals surface area (Å²) in [4.78, 5) is 0. The number of hydrogen-bond acceptors (Lipinski definition) is 1. The third-order valence-electron chi connectivity index (χ3n) is 1.58. The smallest absolute Gasteiger partial charge is 0.407 e. The average molecular weight is 179 g/mol. The van der Waals surface area contributed by atoms with Crippen LogP contribution in [0.15, 0.2) is 24.3 Å². The van der Waals surface area contributed by atoms with Crippen LogP contribution in [-0.2, 0) is 5.41 Å². The first-order valence-electron chi connectivity index (χ1n) is 4.02. The van der Waals surface area contributed by atoms with E-state index in [1.54, 1.807) is 0 Å². The number of hydrogen-bond donors (Lipinski definition) is 1. The molecule has 0 heterocycles. The van der Waals surface area contributed by atoms with E-state index >= 15 is 0 Å². The van der Waals surface area contributed by atoms with E-state index in [1.165, 1.54) is 5.56 Å². The molecule has 1 rings (SSSR count). The van der Waals surface area contributed by atoms with E-state index in [4.69, 9.17) is 4.16 Å². The van der Waals surface area contributed by atoms with E-state index in [-0.39, 0.29) is 5.41 Å². The van der Waals surface area contributed by atoms with E-state index in [0.29, 0.717) is 16.6 Å². The van der Waals surface area contributed by atoms with Crippen molar-refractivity contribution in [2.75, 3.05) is 0 Å². The summed E-state index contributed by atoms with van der Waals surface area (Å²) in [6, 6.07) is 11.1. The minimum Gasteiger partial charge on any atom is -0.521 e. The van der Waals surface area contributed by atoms with Crippen LogP contribution in [0.1, 0.15) is 26.3 Å². The molecule has 12 heavy (non-hydrogen) atoms. The molecule has 65 valence electrons. The fraction of sp³-hybridized carbons (Fsp3) is 0.400. The second kappa shape index (κ2) is 5.37. The Morgan fingerprint density at radius 3 is 1.83 bits per heavy atom. The van der Waals surface area contributed by atoms with Crippen LogP contribution in [0.3, 0.4) is 0 Å². The van der Waals surface area contributed by atoms with E-state index in [2.05, 4.69) is 39.0 Å². The monoisotopic (exact) mass is 179 g/mol. The summed E-state index contributed by atoms with van der Waals surface area (Å²) in [7, 11) is 0. The van der Waals surface area contributed by atoms with Crippen LogP contribution in [-0.4, -0.2) is 20.8 Å². The lowest BCUT2D eigenvalue weighted by Crippen LogP contribution is -2.10. The molecule has 0 fully saturated rings. The lowest BCUT2D eigenvalue weighted by atomic mass is 9.87. The van der Waals surface area contributed by atoms with Crippen molar-refractivity contribution in [3.8, 4) is 0 Å². The van der Waals surface area contributed by atoms with Crippen molar-refractivity contribution in [2.24, 2.45) is 0 Å². The zero-order valence-electron chi connectivity index (χ0n) is 8.26. The lowest BCUT2D eigenvalue weighted by molar-refractivity contribution is 0.590. The van der Waals surface area contributed by atoms with E-state index < -0.39 is 0 Å². The number of benzene rings is 1. The maximum absolute atomic E-state index is 7.14. The molecule has 1 aromatic rings. The fourth-order valence-corrected chi connectivity index (χ4v) is 0.887. The molecule has 0 aromatic heterocycles. The van der Waals surface area contributed by atoms with Crippen LogP contribution in [0, 0.1) is 6.07 Å². The Bertz CT molecular complexity index is 201. The summed E-state index contributed by atoms with van der Waals surface area (Å²) >= 11 is 0.306. The second-order valence-corrected chi connectivity index (χ2v) is 3.54. The first-order valence-corrected chi connectivity index (χ1v) is 4.91. The van der Waals surface area contributed by atoms with Crippen molar-refractivity contribution >= 4 is 16.6 Å². The highest BCUT2D eigenvalue weighted by molar-refractivity contribution is 5.95. The average Bonchev–Trinajstić information content (AvgIpc) is 2.08. The maximum Gasteiger partial charge on any atom is 0.407 e. The van der Waals surface area contributed by atoms with Gasteiger partial charge in [-0.1, -0.05) is 45.0 Å². The molecule has 1 nitrogen and oxygen atoms in total. The standard InChI is InChI=1S/C10H13.Al.H2O.2H/c1-10(2,3)9-7-5-4-6-8-9;;;;/h5-8H,1-3H3;;1H2;;/q;+1;;;/p-1. The van der Waals surface area contributed by atoms with Crippen molar-refractivity contribution < 1.29 is 4.16 Å². The summed E-state index contributed by atoms with van der Waals surface area (Å²) in [6.45, 7) is 6.63. The van der Waals surface area contributed by atoms with Crippen LogP contribution in [0.5, 0.6) is 0 Å². The predicted molar refractivity (Wildman–Crippen MR) is 54.7 cm³/mol. The Morgan fingerprint density at radius 2 is 1.58 bits per heavy atom. The van der Waals surface area contributed by atoms with Gasteiger partial charge in [0.15, 0.2) is 0 Å². The molecule has 0 aliphatic heterocycles. The molecule has 0 aliphatic rings. The molecular weight excluding hydrogens is 163 g/mol. The molecule has 0 saturated carbocycles.